The fourth-order valence-electron chi connectivity index (χ4n) is 0.354. The number of hydrogen-bond donors (Lipinski definition) is 1. The van der Waals surface area contributed by atoms with Crippen LogP contribution in [0.15, 0.2) is 12.8 Å². The fourth-order valence-corrected chi connectivity index (χ4v) is 0.827. The molecule has 1 unspecified atom stereocenters. The van der Waals surface area contributed by atoms with Gasteiger partial charge in [-0.2, -0.15) is 0 Å². The van der Waals surface area contributed by atoms with E-state index in [1.807, 2.05) is 0 Å². The molecule has 0 amide bonds. The number of rotatable bonds is 4. The lowest BCUT2D eigenvalue weighted by atomic mass is 10.9. The number of carbonyl (C=O) groups is 1. The lowest BCUT2D eigenvalue weighted by Gasteiger charge is -2.08. The summed E-state index contributed by atoms with van der Waals surface area (Å²) in [5.74, 6) is 0. The molecule has 0 aromatic heterocycles. The summed E-state index contributed by atoms with van der Waals surface area (Å²) in [5, 5.41) is 0. The summed E-state index contributed by atoms with van der Waals surface area (Å²) in [6.45, 7) is 4.59. The van der Waals surface area contributed by atoms with Crippen LogP contribution in [0.5, 0.6) is 0 Å². The van der Waals surface area contributed by atoms with Gasteiger partial charge in [-0.3, -0.25) is 4.89 Å². The first-order valence-corrected chi connectivity index (χ1v) is 4.50. The minimum absolute atomic E-state index is 0.0485. The molecule has 0 aliphatic heterocycles. The van der Waals surface area contributed by atoms with E-state index in [1.165, 1.54) is 6.92 Å². The quantitative estimate of drug-likeness (QED) is 0.416. The maximum Gasteiger partial charge on any atom is 0.588 e. The first-order valence-electron chi connectivity index (χ1n) is 3.00. The van der Waals surface area contributed by atoms with Crippen LogP contribution in [0.25, 0.3) is 0 Å². The number of ether oxygens (including phenoxy) is 1. The molecule has 1 atom stereocenters. The molecule has 0 aromatic rings. The number of carbonyl (C=O) groups excluding carboxylic acids is 1. The Morgan fingerprint density at radius 2 is 2.33 bits per heavy atom. The van der Waals surface area contributed by atoms with Crippen molar-refractivity contribution in [2.24, 2.45) is 0 Å². The maximum atomic E-state index is 10.6. The Labute approximate surface area is 69.4 Å². The highest BCUT2D eigenvalue weighted by molar-refractivity contribution is 7.48. The summed E-state index contributed by atoms with van der Waals surface area (Å²) in [6.07, 6.45) is -0.565. The van der Waals surface area contributed by atoms with Crippen LogP contribution in [0, 0.1) is 0 Å². The van der Waals surface area contributed by atoms with Crippen molar-refractivity contribution in [2.45, 2.75) is 6.92 Å². The van der Waals surface area contributed by atoms with E-state index in [9.17, 15) is 9.36 Å². The van der Waals surface area contributed by atoms with E-state index in [0.29, 0.717) is 6.26 Å². The molecule has 6 nitrogen and oxygen atoms in total. The highest BCUT2D eigenvalue weighted by Gasteiger charge is 2.26. The zero-order valence-corrected chi connectivity index (χ0v) is 7.32. The zero-order chi connectivity index (χ0) is 9.61. The van der Waals surface area contributed by atoms with Gasteiger partial charge in [0.1, 0.15) is 0 Å². The molecule has 0 bridgehead atoms. The van der Waals surface area contributed by atoms with Gasteiger partial charge in [0.15, 0.2) is 0 Å². The molecule has 0 aromatic carbocycles. The van der Waals surface area contributed by atoms with Gasteiger partial charge in [0.25, 0.3) is 0 Å². The van der Waals surface area contributed by atoms with Gasteiger partial charge < -0.3 is 13.8 Å². The maximum absolute atomic E-state index is 10.6. The Bertz CT molecular complexity index is 212. The average Bonchev–Trinajstić information content (AvgIpc) is 1.85. The summed E-state index contributed by atoms with van der Waals surface area (Å²) in [4.78, 5) is 19.1. The highest BCUT2D eigenvalue weighted by atomic mass is 31.2. The Morgan fingerprint density at radius 1 is 1.75 bits per heavy atom. The molecule has 70 valence electrons. The monoisotopic (exact) mass is 196 g/mol. The van der Waals surface area contributed by atoms with Crippen LogP contribution in [0.3, 0.4) is 0 Å². The van der Waals surface area contributed by atoms with E-state index >= 15 is 0 Å². The summed E-state index contributed by atoms with van der Waals surface area (Å²) in [5.41, 5.74) is 0. The predicted octanol–water partition coefficient (Wildman–Crippen LogP) is 1.42. The molecule has 0 radical (unpaired) electrons. The van der Waals surface area contributed by atoms with Gasteiger partial charge in [0.05, 0.1) is 12.9 Å². The third-order valence-corrected chi connectivity index (χ3v) is 1.46. The highest BCUT2D eigenvalue weighted by Crippen LogP contribution is 2.43. The van der Waals surface area contributed by atoms with Crippen LogP contribution in [-0.4, -0.2) is 17.7 Å². The molecule has 0 aliphatic carbocycles. The van der Waals surface area contributed by atoms with Crippen molar-refractivity contribution < 1.29 is 28.0 Å². The van der Waals surface area contributed by atoms with Gasteiger partial charge in [-0.15, -0.1) is 0 Å². The van der Waals surface area contributed by atoms with Gasteiger partial charge in [0.2, 0.25) is 0 Å². The summed E-state index contributed by atoms with van der Waals surface area (Å²) < 4.78 is 22.7. The summed E-state index contributed by atoms with van der Waals surface area (Å²) in [6, 6.07) is 0. The number of phosphoric ester groups is 1. The largest absolute Gasteiger partial charge is 0.588 e. The molecule has 7 heteroatoms. The molecule has 0 spiro atoms. The molecular formula is C5H9O6P. The van der Waals surface area contributed by atoms with Crippen LogP contribution in [0.1, 0.15) is 6.92 Å². The van der Waals surface area contributed by atoms with E-state index in [2.05, 4.69) is 20.4 Å². The van der Waals surface area contributed by atoms with E-state index in [0.717, 1.165) is 0 Å². The molecule has 1 N–H and O–H groups in total. The Balaban J connectivity index is 3.96. The molecule has 0 saturated carbocycles. The van der Waals surface area contributed by atoms with Crippen molar-refractivity contribution in [3.05, 3.63) is 12.8 Å². The Hall–Kier alpha value is -1.00. The lowest BCUT2D eigenvalue weighted by molar-refractivity contribution is 0.0893. The number of hydrogen-bond acceptors (Lipinski definition) is 5. The summed E-state index contributed by atoms with van der Waals surface area (Å²) >= 11 is 0. The van der Waals surface area contributed by atoms with E-state index in [-0.39, 0.29) is 6.61 Å². The minimum Gasteiger partial charge on any atom is -0.434 e. The second-order valence-electron chi connectivity index (χ2n) is 1.51. The first-order chi connectivity index (χ1) is 5.52. The van der Waals surface area contributed by atoms with Crippen molar-refractivity contribution in [1.29, 1.82) is 0 Å². The van der Waals surface area contributed by atoms with E-state index < -0.39 is 14.0 Å². The second kappa shape index (κ2) is 4.79. The molecule has 0 aliphatic rings. The van der Waals surface area contributed by atoms with Crippen molar-refractivity contribution >= 4 is 14.0 Å². The molecule has 0 saturated heterocycles. The third-order valence-electron chi connectivity index (χ3n) is 0.660. The van der Waals surface area contributed by atoms with Gasteiger partial charge in [-0.25, -0.2) is 9.36 Å². The third kappa shape index (κ3) is 4.76. The predicted molar refractivity (Wildman–Crippen MR) is 39.2 cm³/mol. The summed E-state index contributed by atoms with van der Waals surface area (Å²) in [7, 11) is -4.37. The van der Waals surface area contributed by atoms with E-state index in [4.69, 9.17) is 4.89 Å². The molecule has 0 fully saturated rings. The minimum atomic E-state index is -4.37. The Morgan fingerprint density at radius 3 is 2.75 bits per heavy atom. The SMILES string of the molecule is C=COP(=O)(O)OC(=O)OCC. The smallest absolute Gasteiger partial charge is 0.434 e. The van der Waals surface area contributed by atoms with Crippen LogP contribution in [0.2, 0.25) is 0 Å². The lowest BCUT2D eigenvalue weighted by Crippen LogP contribution is -2.05. The van der Waals surface area contributed by atoms with Crippen LogP contribution in [-0.2, 0) is 18.3 Å². The zero-order valence-electron chi connectivity index (χ0n) is 6.43. The van der Waals surface area contributed by atoms with Gasteiger partial charge in [-0.05, 0) is 6.92 Å². The number of phosphoric acid groups is 1. The van der Waals surface area contributed by atoms with Gasteiger partial charge in [-0.1, -0.05) is 6.58 Å². The molecular weight excluding hydrogens is 187 g/mol. The normalized spacial score (nSPS) is 14.2. The molecule has 0 rings (SSSR count). The average molecular weight is 196 g/mol. The van der Waals surface area contributed by atoms with Crippen LogP contribution in [0.4, 0.5) is 4.79 Å². The first kappa shape index (κ1) is 11.0. The van der Waals surface area contributed by atoms with Gasteiger partial charge >= 0.3 is 14.0 Å². The molecule has 0 heterocycles. The Kier molecular flexibility index (Phi) is 4.39. The second-order valence-corrected chi connectivity index (χ2v) is 2.85. The van der Waals surface area contributed by atoms with Gasteiger partial charge in [0, 0.05) is 0 Å². The standard InChI is InChI=1S/C5H9O6P/c1-3-9-5(6)11-12(7,8)10-4-2/h4H,2-3H2,1H3,(H,7,8). The van der Waals surface area contributed by atoms with Crippen LogP contribution >= 0.6 is 7.82 Å². The van der Waals surface area contributed by atoms with Crippen molar-refractivity contribution in [3.8, 4) is 0 Å². The van der Waals surface area contributed by atoms with Crippen LogP contribution < -0.4 is 0 Å². The molecule has 12 heavy (non-hydrogen) atoms. The van der Waals surface area contributed by atoms with Crippen molar-refractivity contribution in [1.82, 2.24) is 0 Å². The topological polar surface area (TPSA) is 82.1 Å². The fraction of sp³-hybridized carbons (Fsp3) is 0.400. The van der Waals surface area contributed by atoms with Crippen molar-refractivity contribution in [3.63, 3.8) is 0 Å². The van der Waals surface area contributed by atoms with E-state index in [1.54, 1.807) is 0 Å². The van der Waals surface area contributed by atoms with Crippen molar-refractivity contribution in [2.75, 3.05) is 6.61 Å².